The van der Waals surface area contributed by atoms with Gasteiger partial charge in [-0.2, -0.15) is 0 Å². The molecule has 4 heteroatoms. The second kappa shape index (κ2) is 5.24. The van der Waals surface area contributed by atoms with Crippen LogP contribution in [-0.2, 0) is 6.54 Å². The maximum Gasteiger partial charge on any atom is 0.208 e. The van der Waals surface area contributed by atoms with E-state index in [4.69, 9.17) is 11.5 Å². The van der Waals surface area contributed by atoms with Crippen LogP contribution in [0.1, 0.15) is 30.9 Å². The van der Waals surface area contributed by atoms with Gasteiger partial charge in [0.1, 0.15) is 0 Å². The van der Waals surface area contributed by atoms with Crippen LogP contribution in [0.4, 0.5) is 0 Å². The fraction of sp³-hybridized carbons (Fsp3) is 0.364. The SMILES string of the molecule is CC(C)c1ccc(CNN=C(N)N)cc1. The van der Waals surface area contributed by atoms with Crippen molar-refractivity contribution >= 4 is 5.96 Å². The Morgan fingerprint density at radius 3 is 2.33 bits per heavy atom. The van der Waals surface area contributed by atoms with Gasteiger partial charge in [0.05, 0.1) is 6.54 Å². The second-order valence-electron chi connectivity index (χ2n) is 3.77. The van der Waals surface area contributed by atoms with Gasteiger partial charge in [-0.05, 0) is 17.0 Å². The molecule has 0 amide bonds. The number of guanidine groups is 1. The summed E-state index contributed by atoms with van der Waals surface area (Å²) in [6.07, 6.45) is 0. The van der Waals surface area contributed by atoms with Crippen LogP contribution in [0.2, 0.25) is 0 Å². The van der Waals surface area contributed by atoms with Gasteiger partial charge < -0.3 is 16.9 Å². The second-order valence-corrected chi connectivity index (χ2v) is 3.77. The third-order valence-electron chi connectivity index (χ3n) is 2.14. The molecule has 0 fully saturated rings. The zero-order chi connectivity index (χ0) is 11.3. The Hall–Kier alpha value is -1.71. The lowest BCUT2D eigenvalue weighted by molar-refractivity contribution is 0.739. The predicted molar refractivity (Wildman–Crippen MR) is 63.2 cm³/mol. The van der Waals surface area contributed by atoms with Crippen molar-refractivity contribution in [3.8, 4) is 0 Å². The highest BCUT2D eigenvalue weighted by Crippen LogP contribution is 2.14. The molecule has 0 spiro atoms. The van der Waals surface area contributed by atoms with Crippen molar-refractivity contribution in [3.05, 3.63) is 35.4 Å². The summed E-state index contributed by atoms with van der Waals surface area (Å²) in [7, 11) is 0. The van der Waals surface area contributed by atoms with Gasteiger partial charge in [0.15, 0.2) is 0 Å². The van der Waals surface area contributed by atoms with Gasteiger partial charge in [0, 0.05) is 0 Å². The lowest BCUT2D eigenvalue weighted by atomic mass is 10.0. The number of hydrazone groups is 1. The predicted octanol–water partition coefficient (Wildman–Crippen LogP) is 1.09. The average molecular weight is 206 g/mol. The van der Waals surface area contributed by atoms with Crippen molar-refractivity contribution in [3.63, 3.8) is 0 Å². The first-order valence-electron chi connectivity index (χ1n) is 5.00. The summed E-state index contributed by atoms with van der Waals surface area (Å²) in [5.41, 5.74) is 15.6. The van der Waals surface area contributed by atoms with E-state index in [1.54, 1.807) is 0 Å². The number of rotatable bonds is 4. The highest BCUT2D eigenvalue weighted by molar-refractivity contribution is 5.75. The third-order valence-corrected chi connectivity index (χ3v) is 2.14. The zero-order valence-corrected chi connectivity index (χ0v) is 9.20. The topological polar surface area (TPSA) is 76.4 Å². The van der Waals surface area contributed by atoms with Crippen LogP contribution in [-0.4, -0.2) is 5.96 Å². The Balaban J connectivity index is 2.53. The number of nitrogens with two attached hydrogens (primary N) is 2. The molecule has 0 aliphatic carbocycles. The smallest absolute Gasteiger partial charge is 0.208 e. The maximum atomic E-state index is 5.19. The summed E-state index contributed by atoms with van der Waals surface area (Å²) in [6.45, 7) is 4.98. The minimum Gasteiger partial charge on any atom is -0.369 e. The summed E-state index contributed by atoms with van der Waals surface area (Å²) in [4.78, 5) is 0. The monoisotopic (exact) mass is 206 g/mol. The molecule has 1 aromatic carbocycles. The lowest BCUT2D eigenvalue weighted by Gasteiger charge is -2.06. The maximum absolute atomic E-state index is 5.19. The first-order valence-corrected chi connectivity index (χ1v) is 5.00. The third kappa shape index (κ3) is 3.89. The van der Waals surface area contributed by atoms with Crippen molar-refractivity contribution in [2.45, 2.75) is 26.3 Å². The van der Waals surface area contributed by atoms with Gasteiger partial charge in [0.2, 0.25) is 5.96 Å². The standard InChI is InChI=1S/C11H18N4/c1-8(2)10-5-3-9(4-6-10)7-14-15-11(12)13/h3-6,8,14H,7H2,1-2H3,(H4,12,13,15). The Labute approximate surface area is 90.4 Å². The lowest BCUT2D eigenvalue weighted by Crippen LogP contribution is -2.26. The molecular formula is C11H18N4. The van der Waals surface area contributed by atoms with Crippen molar-refractivity contribution in [2.24, 2.45) is 16.6 Å². The molecule has 0 aromatic heterocycles. The molecule has 4 nitrogen and oxygen atoms in total. The van der Waals surface area contributed by atoms with E-state index in [2.05, 4.69) is 48.6 Å². The normalized spacial score (nSPS) is 10.1. The minimum absolute atomic E-state index is 0.0498. The molecule has 1 rings (SSSR count). The fourth-order valence-electron chi connectivity index (χ4n) is 1.24. The van der Waals surface area contributed by atoms with Crippen molar-refractivity contribution in [1.82, 2.24) is 5.43 Å². The Morgan fingerprint density at radius 1 is 1.27 bits per heavy atom. The van der Waals surface area contributed by atoms with Gasteiger partial charge >= 0.3 is 0 Å². The molecule has 0 saturated carbocycles. The molecule has 0 aliphatic heterocycles. The number of benzene rings is 1. The Morgan fingerprint density at radius 2 is 1.87 bits per heavy atom. The molecule has 1 aromatic rings. The molecule has 0 heterocycles. The van der Waals surface area contributed by atoms with Crippen LogP contribution in [0.25, 0.3) is 0 Å². The van der Waals surface area contributed by atoms with Crippen molar-refractivity contribution in [1.29, 1.82) is 0 Å². The highest BCUT2D eigenvalue weighted by atomic mass is 15.3. The highest BCUT2D eigenvalue weighted by Gasteiger charge is 1.98. The van der Waals surface area contributed by atoms with E-state index in [0.29, 0.717) is 12.5 Å². The van der Waals surface area contributed by atoms with Crippen LogP contribution in [0.3, 0.4) is 0 Å². The van der Waals surface area contributed by atoms with E-state index in [1.165, 1.54) is 5.56 Å². The van der Waals surface area contributed by atoms with E-state index in [0.717, 1.165) is 5.56 Å². The van der Waals surface area contributed by atoms with Crippen LogP contribution in [0.15, 0.2) is 29.4 Å². The molecule has 0 atom stereocenters. The van der Waals surface area contributed by atoms with Gasteiger partial charge in [0.25, 0.3) is 0 Å². The van der Waals surface area contributed by atoms with Crippen LogP contribution < -0.4 is 16.9 Å². The van der Waals surface area contributed by atoms with Gasteiger partial charge in [-0.25, -0.2) is 0 Å². The summed E-state index contributed by atoms with van der Waals surface area (Å²) in [5.74, 6) is 0.610. The number of hydrogen-bond donors (Lipinski definition) is 3. The molecule has 0 radical (unpaired) electrons. The van der Waals surface area contributed by atoms with Crippen LogP contribution in [0.5, 0.6) is 0 Å². The van der Waals surface area contributed by atoms with E-state index >= 15 is 0 Å². The molecular weight excluding hydrogens is 188 g/mol. The molecule has 0 aliphatic rings. The summed E-state index contributed by atoms with van der Waals surface area (Å²) in [6, 6.07) is 8.39. The fourth-order valence-corrected chi connectivity index (χ4v) is 1.24. The number of hydrogen-bond acceptors (Lipinski definition) is 2. The summed E-state index contributed by atoms with van der Waals surface area (Å²) < 4.78 is 0. The van der Waals surface area contributed by atoms with Crippen LogP contribution in [0, 0.1) is 0 Å². The first-order chi connectivity index (χ1) is 7.09. The zero-order valence-electron chi connectivity index (χ0n) is 9.20. The van der Waals surface area contributed by atoms with E-state index in [1.807, 2.05) is 0 Å². The summed E-state index contributed by atoms with van der Waals surface area (Å²) >= 11 is 0. The van der Waals surface area contributed by atoms with Crippen molar-refractivity contribution < 1.29 is 0 Å². The van der Waals surface area contributed by atoms with Crippen LogP contribution >= 0.6 is 0 Å². The van der Waals surface area contributed by atoms with Crippen molar-refractivity contribution in [2.75, 3.05) is 0 Å². The molecule has 0 saturated heterocycles. The molecule has 0 bridgehead atoms. The van der Waals surface area contributed by atoms with E-state index in [9.17, 15) is 0 Å². The Bertz CT molecular complexity index is 323. The molecule has 0 unspecified atom stereocenters. The van der Waals surface area contributed by atoms with Gasteiger partial charge in [-0.1, -0.05) is 38.1 Å². The average Bonchev–Trinajstić information content (AvgIpc) is 2.18. The first kappa shape index (κ1) is 11.4. The van der Waals surface area contributed by atoms with Gasteiger partial charge in [-0.15, -0.1) is 5.10 Å². The molecule has 5 N–H and O–H groups in total. The summed E-state index contributed by atoms with van der Waals surface area (Å²) in [5, 5.41) is 3.70. The molecule has 82 valence electrons. The van der Waals surface area contributed by atoms with Gasteiger partial charge in [-0.3, -0.25) is 0 Å². The minimum atomic E-state index is 0.0498. The molecule has 15 heavy (non-hydrogen) atoms. The van der Waals surface area contributed by atoms with E-state index < -0.39 is 0 Å². The quantitative estimate of drug-likeness (QED) is 0.392. The number of nitrogens with zero attached hydrogens (tertiary/aromatic N) is 1. The van der Waals surface area contributed by atoms with E-state index in [-0.39, 0.29) is 5.96 Å². The largest absolute Gasteiger partial charge is 0.369 e. The number of nitrogens with one attached hydrogen (secondary N) is 1. The Kier molecular flexibility index (Phi) is 3.97.